The molecule has 0 spiro atoms. The van der Waals surface area contributed by atoms with Crippen molar-refractivity contribution in [3.8, 4) is 0 Å². The molecule has 0 aromatic carbocycles. The number of nitrogens with zero attached hydrogens (tertiary/aromatic N) is 1. The molecule has 0 bridgehead atoms. The van der Waals surface area contributed by atoms with Gasteiger partial charge in [-0.1, -0.05) is 6.07 Å². The van der Waals surface area contributed by atoms with Crippen molar-refractivity contribution < 1.29 is 13.2 Å². The van der Waals surface area contributed by atoms with Crippen molar-refractivity contribution in [3.05, 3.63) is 30.1 Å². The summed E-state index contributed by atoms with van der Waals surface area (Å²) in [5, 5.41) is 0. The van der Waals surface area contributed by atoms with Crippen LogP contribution in [-0.2, 0) is 20.5 Å². The third-order valence-electron chi connectivity index (χ3n) is 3.04. The standard InChI is InChI=1S/C12H18N2O3S/c1-11(2,3)18(15,16)14-12(6-8-17-12)10-5-4-7-13-9-10/h4-5,7,9,14H,6,8H2,1-3H3. The molecule has 1 fully saturated rings. The molecular formula is C12H18N2O3S. The predicted molar refractivity (Wildman–Crippen MR) is 68.3 cm³/mol. The number of hydrogen-bond acceptors (Lipinski definition) is 4. The molecule has 0 saturated carbocycles. The summed E-state index contributed by atoms with van der Waals surface area (Å²) in [5.41, 5.74) is -0.204. The van der Waals surface area contributed by atoms with Gasteiger partial charge in [0.2, 0.25) is 10.0 Å². The Morgan fingerprint density at radius 3 is 2.50 bits per heavy atom. The lowest BCUT2D eigenvalue weighted by Gasteiger charge is -2.43. The SMILES string of the molecule is CC(C)(C)S(=O)(=O)NC1(c2cccnc2)CCO1. The van der Waals surface area contributed by atoms with Crippen LogP contribution in [0.15, 0.2) is 24.5 Å². The minimum Gasteiger partial charge on any atom is -0.355 e. The molecule has 0 amide bonds. The van der Waals surface area contributed by atoms with Gasteiger partial charge in [0.1, 0.15) is 0 Å². The van der Waals surface area contributed by atoms with Crippen LogP contribution in [0.3, 0.4) is 0 Å². The van der Waals surface area contributed by atoms with Crippen LogP contribution in [0.5, 0.6) is 0 Å². The average molecular weight is 270 g/mol. The summed E-state index contributed by atoms with van der Waals surface area (Å²) in [6.07, 6.45) is 3.90. The zero-order valence-corrected chi connectivity index (χ0v) is 11.6. The summed E-state index contributed by atoms with van der Waals surface area (Å²) in [7, 11) is -3.47. The van der Waals surface area contributed by atoms with E-state index >= 15 is 0 Å². The molecule has 1 unspecified atom stereocenters. The van der Waals surface area contributed by atoms with Gasteiger partial charge >= 0.3 is 0 Å². The monoisotopic (exact) mass is 270 g/mol. The van der Waals surface area contributed by atoms with Gasteiger partial charge in [-0.15, -0.1) is 0 Å². The van der Waals surface area contributed by atoms with Crippen LogP contribution in [-0.4, -0.2) is 24.8 Å². The number of nitrogens with one attached hydrogen (secondary N) is 1. The Hall–Kier alpha value is -0.980. The lowest BCUT2D eigenvalue weighted by atomic mass is 9.98. The molecule has 1 aromatic heterocycles. The van der Waals surface area contributed by atoms with Crippen LogP contribution in [0.4, 0.5) is 0 Å². The first-order valence-corrected chi connectivity index (χ1v) is 7.33. The maximum atomic E-state index is 12.2. The Kier molecular flexibility index (Phi) is 3.21. The van der Waals surface area contributed by atoms with E-state index in [9.17, 15) is 8.42 Å². The second kappa shape index (κ2) is 4.29. The topological polar surface area (TPSA) is 68.3 Å². The van der Waals surface area contributed by atoms with E-state index in [-0.39, 0.29) is 0 Å². The van der Waals surface area contributed by atoms with Gasteiger partial charge in [0.15, 0.2) is 5.72 Å². The quantitative estimate of drug-likeness (QED) is 0.900. The van der Waals surface area contributed by atoms with Gasteiger partial charge in [0, 0.05) is 24.4 Å². The summed E-state index contributed by atoms with van der Waals surface area (Å²) in [6, 6.07) is 3.58. The van der Waals surface area contributed by atoms with Crippen LogP contribution in [0.2, 0.25) is 0 Å². The van der Waals surface area contributed by atoms with Gasteiger partial charge < -0.3 is 4.74 Å². The summed E-state index contributed by atoms with van der Waals surface area (Å²) in [5.74, 6) is 0. The third kappa shape index (κ3) is 2.28. The number of pyridine rings is 1. The van der Waals surface area contributed by atoms with Gasteiger partial charge in [-0.2, -0.15) is 4.72 Å². The molecule has 0 aliphatic carbocycles. The highest BCUT2D eigenvalue weighted by Crippen LogP contribution is 2.36. The van der Waals surface area contributed by atoms with Crippen LogP contribution < -0.4 is 4.72 Å². The Morgan fingerprint density at radius 1 is 1.44 bits per heavy atom. The minimum atomic E-state index is -3.47. The highest BCUT2D eigenvalue weighted by molar-refractivity contribution is 7.90. The van der Waals surface area contributed by atoms with E-state index in [0.29, 0.717) is 13.0 Å². The molecule has 100 valence electrons. The number of ether oxygens (including phenoxy) is 1. The Morgan fingerprint density at radius 2 is 2.11 bits per heavy atom. The normalized spacial score (nSPS) is 24.6. The minimum absolute atomic E-state index is 0.543. The van der Waals surface area contributed by atoms with Crippen molar-refractivity contribution in [1.82, 2.24) is 9.71 Å². The molecule has 1 aliphatic heterocycles. The van der Waals surface area contributed by atoms with Crippen molar-refractivity contribution in [1.29, 1.82) is 0 Å². The van der Waals surface area contributed by atoms with Gasteiger partial charge in [0.05, 0.1) is 11.4 Å². The molecule has 18 heavy (non-hydrogen) atoms. The fourth-order valence-corrected chi connectivity index (χ4v) is 2.66. The third-order valence-corrected chi connectivity index (χ3v) is 5.25. The average Bonchev–Trinajstić information content (AvgIpc) is 2.23. The van der Waals surface area contributed by atoms with Gasteiger partial charge in [0.25, 0.3) is 0 Å². The Bertz CT molecular complexity index is 516. The van der Waals surface area contributed by atoms with Crippen LogP contribution in [0.25, 0.3) is 0 Å². The van der Waals surface area contributed by atoms with E-state index < -0.39 is 20.5 Å². The van der Waals surface area contributed by atoms with Crippen molar-refractivity contribution in [2.45, 2.75) is 37.7 Å². The van der Waals surface area contributed by atoms with Gasteiger partial charge in [-0.25, -0.2) is 8.42 Å². The summed E-state index contributed by atoms with van der Waals surface area (Å²) in [4.78, 5) is 4.01. The van der Waals surface area contributed by atoms with Crippen molar-refractivity contribution in [3.63, 3.8) is 0 Å². The smallest absolute Gasteiger partial charge is 0.219 e. The molecule has 1 N–H and O–H groups in total. The molecule has 1 aromatic rings. The van der Waals surface area contributed by atoms with E-state index in [4.69, 9.17) is 4.74 Å². The van der Waals surface area contributed by atoms with E-state index in [1.165, 1.54) is 0 Å². The molecule has 2 heterocycles. The fourth-order valence-electron chi connectivity index (χ4n) is 1.65. The fraction of sp³-hybridized carbons (Fsp3) is 0.583. The lowest BCUT2D eigenvalue weighted by Crippen LogP contribution is -2.58. The molecule has 2 rings (SSSR count). The van der Waals surface area contributed by atoms with E-state index in [2.05, 4.69) is 9.71 Å². The molecule has 1 saturated heterocycles. The van der Waals surface area contributed by atoms with Gasteiger partial charge in [-0.3, -0.25) is 4.98 Å². The van der Waals surface area contributed by atoms with Crippen molar-refractivity contribution >= 4 is 10.0 Å². The van der Waals surface area contributed by atoms with Crippen LogP contribution >= 0.6 is 0 Å². The van der Waals surface area contributed by atoms with E-state index in [1.807, 2.05) is 6.07 Å². The zero-order valence-electron chi connectivity index (χ0n) is 10.8. The lowest BCUT2D eigenvalue weighted by molar-refractivity contribution is -0.162. The maximum absolute atomic E-state index is 12.2. The molecular weight excluding hydrogens is 252 g/mol. The summed E-state index contributed by atoms with van der Waals surface area (Å²) < 4.78 is 31.7. The number of sulfonamides is 1. The molecule has 5 nitrogen and oxygen atoms in total. The Balaban J connectivity index is 2.32. The van der Waals surface area contributed by atoms with Crippen molar-refractivity contribution in [2.75, 3.05) is 6.61 Å². The van der Waals surface area contributed by atoms with Crippen LogP contribution in [0, 0.1) is 0 Å². The van der Waals surface area contributed by atoms with E-state index in [1.54, 1.807) is 39.2 Å². The molecule has 0 radical (unpaired) electrons. The molecule has 6 heteroatoms. The maximum Gasteiger partial charge on any atom is 0.219 e. The first kappa shape index (κ1) is 13.5. The van der Waals surface area contributed by atoms with Crippen molar-refractivity contribution in [2.24, 2.45) is 0 Å². The number of rotatable bonds is 3. The first-order valence-electron chi connectivity index (χ1n) is 5.85. The predicted octanol–water partition coefficient (Wildman–Crippen LogP) is 1.37. The number of hydrogen-bond donors (Lipinski definition) is 1. The van der Waals surface area contributed by atoms with Gasteiger partial charge in [-0.05, 0) is 26.8 Å². The second-order valence-corrected chi connectivity index (χ2v) is 7.82. The molecule has 1 aliphatic rings. The highest BCUT2D eigenvalue weighted by Gasteiger charge is 2.46. The largest absolute Gasteiger partial charge is 0.355 e. The zero-order chi connectivity index (χ0) is 13.4. The van der Waals surface area contributed by atoms with Crippen LogP contribution in [0.1, 0.15) is 32.8 Å². The molecule has 1 atom stereocenters. The summed E-state index contributed by atoms with van der Waals surface area (Å²) >= 11 is 0. The van der Waals surface area contributed by atoms with E-state index in [0.717, 1.165) is 5.56 Å². The number of aromatic nitrogens is 1. The first-order chi connectivity index (χ1) is 8.27. The summed E-state index contributed by atoms with van der Waals surface area (Å²) in [6.45, 7) is 5.52. The Labute approximate surface area is 108 Å². The second-order valence-electron chi connectivity index (χ2n) is 5.39. The highest BCUT2D eigenvalue weighted by atomic mass is 32.2.